The van der Waals surface area contributed by atoms with Gasteiger partial charge in [0.05, 0.1) is 18.3 Å². The first-order valence-electron chi connectivity index (χ1n) is 9.83. The average molecular weight is 453 g/mol. The van der Waals surface area contributed by atoms with Crippen molar-refractivity contribution < 1.29 is 17.1 Å². The summed E-state index contributed by atoms with van der Waals surface area (Å²) in [7, 11) is 0. The fraction of sp³-hybridized carbons (Fsp3) is 0.120. The molecule has 1 aliphatic rings. The summed E-state index contributed by atoms with van der Waals surface area (Å²) < 4.78 is 4.30. The van der Waals surface area contributed by atoms with Crippen LogP contribution < -0.4 is 11.4 Å². The van der Waals surface area contributed by atoms with Crippen molar-refractivity contribution in [3.63, 3.8) is 0 Å². The molecule has 1 aliphatic heterocycles. The Morgan fingerprint density at radius 1 is 0.968 bits per heavy atom. The third-order valence-corrected chi connectivity index (χ3v) is 5.27. The van der Waals surface area contributed by atoms with Crippen molar-refractivity contribution in [2.45, 2.75) is 19.5 Å². The van der Waals surface area contributed by atoms with Gasteiger partial charge in [0.1, 0.15) is 0 Å². The van der Waals surface area contributed by atoms with Gasteiger partial charge in [-0.3, -0.25) is 0 Å². The standard InChI is InChI=1S/C20H18N3O2.C5H5.Fe/c1-3-17-14(2)13-21-19(24)22(16-11-5-4-6-12-16)20(25)23(21)18(17)15-9-7-8-10-15;1-2-4-5-3-1;/h3-12,18H,1,13H2,2H3;1-5H;/q2*-1;+2. The van der Waals surface area contributed by atoms with Gasteiger partial charge in [-0.05, 0) is 30.2 Å². The molecule has 0 saturated carbocycles. The van der Waals surface area contributed by atoms with Crippen LogP contribution in [-0.4, -0.2) is 13.9 Å². The third kappa shape index (κ3) is 4.13. The second kappa shape index (κ2) is 9.65. The van der Waals surface area contributed by atoms with Gasteiger partial charge in [0.15, 0.2) is 0 Å². The zero-order chi connectivity index (χ0) is 21.1. The molecule has 6 heteroatoms. The van der Waals surface area contributed by atoms with Crippen LogP contribution in [0.15, 0.2) is 118 Å². The molecular weight excluding hydrogens is 430 g/mol. The molecule has 5 rings (SSSR count). The van der Waals surface area contributed by atoms with Gasteiger partial charge in [-0.1, -0.05) is 30.9 Å². The molecule has 31 heavy (non-hydrogen) atoms. The molecule has 5 nitrogen and oxygen atoms in total. The summed E-state index contributed by atoms with van der Waals surface area (Å²) in [4.78, 5) is 26.1. The van der Waals surface area contributed by atoms with E-state index in [1.807, 2.05) is 79.7 Å². The number of hydrogen-bond donors (Lipinski definition) is 0. The van der Waals surface area contributed by atoms with Crippen LogP contribution in [0, 0.1) is 0 Å². The van der Waals surface area contributed by atoms with E-state index in [-0.39, 0.29) is 34.5 Å². The molecule has 1 aromatic heterocycles. The predicted molar refractivity (Wildman–Crippen MR) is 119 cm³/mol. The minimum absolute atomic E-state index is 0. The molecule has 0 N–H and O–H groups in total. The topological polar surface area (TPSA) is 48.9 Å². The number of para-hydroxylation sites is 1. The van der Waals surface area contributed by atoms with Crippen LogP contribution in [0.2, 0.25) is 0 Å². The van der Waals surface area contributed by atoms with E-state index in [1.165, 1.54) is 9.25 Å². The second-order valence-corrected chi connectivity index (χ2v) is 7.16. The zero-order valence-electron chi connectivity index (χ0n) is 17.2. The molecule has 1 atom stereocenters. The third-order valence-electron chi connectivity index (χ3n) is 5.27. The van der Waals surface area contributed by atoms with E-state index in [2.05, 4.69) is 6.58 Å². The van der Waals surface area contributed by atoms with E-state index in [0.717, 1.165) is 16.7 Å². The van der Waals surface area contributed by atoms with Crippen LogP contribution in [-0.2, 0) is 23.6 Å². The molecule has 3 aromatic carbocycles. The molecule has 1 unspecified atom stereocenters. The van der Waals surface area contributed by atoms with Crippen LogP contribution in [0.3, 0.4) is 0 Å². The summed E-state index contributed by atoms with van der Waals surface area (Å²) in [6.07, 6.45) is 1.78. The van der Waals surface area contributed by atoms with Gasteiger partial charge in [-0.25, -0.2) is 41.7 Å². The molecule has 0 saturated heterocycles. The largest absolute Gasteiger partial charge is 2.00 e. The molecule has 0 bridgehead atoms. The quantitative estimate of drug-likeness (QED) is 0.348. The summed E-state index contributed by atoms with van der Waals surface area (Å²) in [5.41, 5.74) is 2.89. The Morgan fingerprint density at radius 2 is 1.68 bits per heavy atom. The molecule has 0 amide bonds. The van der Waals surface area contributed by atoms with Crippen molar-refractivity contribution in [1.82, 2.24) is 13.9 Å². The number of rotatable bonds is 3. The van der Waals surface area contributed by atoms with Crippen molar-refractivity contribution >= 4 is 0 Å². The van der Waals surface area contributed by atoms with Gasteiger partial charge in [0, 0.05) is 0 Å². The number of fused-ring (bicyclic) bond motifs is 1. The first-order valence-corrected chi connectivity index (χ1v) is 9.83. The zero-order valence-corrected chi connectivity index (χ0v) is 18.3. The first kappa shape index (κ1) is 22.3. The molecule has 4 aromatic rings. The maximum absolute atomic E-state index is 13.2. The van der Waals surface area contributed by atoms with Crippen LogP contribution >= 0.6 is 0 Å². The van der Waals surface area contributed by atoms with E-state index in [0.29, 0.717) is 12.2 Å². The van der Waals surface area contributed by atoms with Gasteiger partial charge < -0.3 is 0 Å². The summed E-state index contributed by atoms with van der Waals surface area (Å²) in [5.74, 6) is 0. The SMILES string of the molecule is C=CC1=C(C)Cn2c(=O)n(-c3ccccc3)c(=O)n2C1c1cc[cH-]c1.[Fe+2].c1cc[cH-]c1. The van der Waals surface area contributed by atoms with Gasteiger partial charge in [0.25, 0.3) is 0 Å². The molecule has 2 heterocycles. The normalized spacial score (nSPS) is 14.8. The smallest absolute Gasteiger partial charge is 0.246 e. The number of allylic oxidation sites excluding steroid dienone is 3. The monoisotopic (exact) mass is 453 g/mol. The summed E-state index contributed by atoms with van der Waals surface area (Å²) >= 11 is 0. The van der Waals surface area contributed by atoms with Gasteiger partial charge in [0.2, 0.25) is 0 Å². The Labute approximate surface area is 191 Å². The van der Waals surface area contributed by atoms with Crippen LogP contribution in [0.4, 0.5) is 0 Å². The van der Waals surface area contributed by atoms with E-state index >= 15 is 0 Å². The molecule has 0 fully saturated rings. The molecule has 0 radical (unpaired) electrons. The van der Waals surface area contributed by atoms with Crippen molar-refractivity contribution in [3.05, 3.63) is 135 Å². The van der Waals surface area contributed by atoms with Crippen molar-refractivity contribution in [3.8, 4) is 5.69 Å². The first-order chi connectivity index (χ1) is 14.6. The van der Waals surface area contributed by atoms with E-state index in [4.69, 9.17) is 0 Å². The van der Waals surface area contributed by atoms with E-state index < -0.39 is 0 Å². The average Bonchev–Trinajstić information content (AvgIpc) is 3.53. The molecule has 0 spiro atoms. The molecule has 0 aliphatic carbocycles. The number of benzene rings is 1. The fourth-order valence-electron chi connectivity index (χ4n) is 3.87. The summed E-state index contributed by atoms with van der Waals surface area (Å²) in [6, 6.07) is 26.5. The van der Waals surface area contributed by atoms with Crippen molar-refractivity contribution in [1.29, 1.82) is 0 Å². The van der Waals surface area contributed by atoms with E-state index in [1.54, 1.807) is 22.9 Å². The Bertz CT molecular complexity index is 1250. The minimum Gasteiger partial charge on any atom is -0.246 e. The van der Waals surface area contributed by atoms with Gasteiger partial charge in [-0.2, -0.15) is 42.0 Å². The second-order valence-electron chi connectivity index (χ2n) is 7.16. The van der Waals surface area contributed by atoms with Crippen LogP contribution in [0.25, 0.3) is 5.69 Å². The number of hydrogen-bond acceptors (Lipinski definition) is 2. The Morgan fingerprint density at radius 3 is 2.23 bits per heavy atom. The fourth-order valence-corrected chi connectivity index (χ4v) is 3.87. The predicted octanol–water partition coefficient (Wildman–Crippen LogP) is 4.03. The summed E-state index contributed by atoms with van der Waals surface area (Å²) in [5, 5.41) is 0. The Kier molecular flexibility index (Phi) is 6.95. The van der Waals surface area contributed by atoms with Crippen LogP contribution in [0.1, 0.15) is 18.5 Å². The van der Waals surface area contributed by atoms with Crippen LogP contribution in [0.5, 0.6) is 0 Å². The minimum atomic E-state index is -0.341. The summed E-state index contributed by atoms with van der Waals surface area (Å²) in [6.45, 7) is 6.28. The molecular formula is C25H23FeN3O2. The Hall–Kier alpha value is -3.34. The van der Waals surface area contributed by atoms with Crippen molar-refractivity contribution in [2.75, 3.05) is 0 Å². The maximum atomic E-state index is 13.2. The van der Waals surface area contributed by atoms with Gasteiger partial charge in [-0.15, -0.1) is 0 Å². The molecule has 158 valence electrons. The Balaban J connectivity index is 0.000000401. The van der Waals surface area contributed by atoms with Crippen molar-refractivity contribution in [2.24, 2.45) is 0 Å². The number of aromatic nitrogens is 3. The maximum Gasteiger partial charge on any atom is 2.00 e. The van der Waals surface area contributed by atoms with E-state index in [9.17, 15) is 9.59 Å². The van der Waals surface area contributed by atoms with Gasteiger partial charge >= 0.3 is 28.4 Å². The number of nitrogens with zero attached hydrogens (tertiary/aromatic N) is 3.